The average molecular weight is 390 g/mol. The number of rotatable bonds is 4. The molecule has 4 aliphatic rings. The number of fused-ring (bicyclic) bond motifs is 2. The topological polar surface area (TPSA) is 57.7 Å². The lowest BCUT2D eigenvalue weighted by molar-refractivity contribution is -0.140. The van der Waals surface area contributed by atoms with E-state index in [2.05, 4.69) is 12.2 Å². The molecule has 0 radical (unpaired) electrons. The highest BCUT2D eigenvalue weighted by atomic mass is 16.2. The lowest BCUT2D eigenvalue weighted by atomic mass is 9.85. The molecule has 4 atom stereocenters. The van der Waals surface area contributed by atoms with E-state index in [0.717, 1.165) is 30.5 Å². The Morgan fingerprint density at radius 2 is 1.31 bits per heavy atom. The van der Waals surface area contributed by atoms with Gasteiger partial charge in [-0.3, -0.25) is 19.3 Å². The molecule has 2 aliphatic heterocycles. The lowest BCUT2D eigenvalue weighted by Crippen LogP contribution is -2.30. The van der Waals surface area contributed by atoms with Gasteiger partial charge in [-0.1, -0.05) is 48.6 Å². The van der Waals surface area contributed by atoms with Gasteiger partial charge in [0.1, 0.15) is 0 Å². The molecule has 150 valence electrons. The number of amides is 3. The normalized spacial score (nSPS) is 30.8. The van der Waals surface area contributed by atoms with E-state index >= 15 is 0 Å². The van der Waals surface area contributed by atoms with Crippen molar-refractivity contribution in [3.63, 3.8) is 0 Å². The summed E-state index contributed by atoms with van der Waals surface area (Å²) in [6.45, 7) is 1.73. The highest BCUT2D eigenvalue weighted by molar-refractivity contribution is 6.05. The van der Waals surface area contributed by atoms with Gasteiger partial charge in [0.2, 0.25) is 17.7 Å². The summed E-state index contributed by atoms with van der Waals surface area (Å²) < 4.78 is 0. The van der Waals surface area contributed by atoms with Crippen LogP contribution in [0.4, 0.5) is 0 Å². The van der Waals surface area contributed by atoms with Gasteiger partial charge in [-0.15, -0.1) is 0 Å². The van der Waals surface area contributed by atoms with E-state index in [0.29, 0.717) is 31.8 Å². The number of hydrogen-bond donors (Lipinski definition) is 0. The zero-order chi connectivity index (χ0) is 20.0. The van der Waals surface area contributed by atoms with Crippen molar-refractivity contribution in [1.82, 2.24) is 9.80 Å². The molecule has 0 N–H and O–H groups in total. The molecule has 0 spiro atoms. The Morgan fingerprint density at radius 1 is 0.724 bits per heavy atom. The van der Waals surface area contributed by atoms with Crippen molar-refractivity contribution in [3.8, 4) is 0 Å². The van der Waals surface area contributed by atoms with Crippen molar-refractivity contribution < 1.29 is 14.4 Å². The first kappa shape index (κ1) is 18.3. The fraction of sp³-hybridized carbons (Fsp3) is 0.458. The van der Waals surface area contributed by atoms with E-state index < -0.39 is 0 Å². The monoisotopic (exact) mass is 390 g/mol. The zero-order valence-electron chi connectivity index (χ0n) is 16.5. The van der Waals surface area contributed by atoms with Crippen LogP contribution in [-0.2, 0) is 27.5 Å². The van der Waals surface area contributed by atoms with Crippen LogP contribution >= 0.6 is 0 Å². The quantitative estimate of drug-likeness (QED) is 0.586. The molecule has 0 saturated carbocycles. The van der Waals surface area contributed by atoms with Gasteiger partial charge in [0, 0.05) is 19.0 Å². The third-order valence-corrected chi connectivity index (χ3v) is 6.95. The fourth-order valence-corrected chi connectivity index (χ4v) is 5.38. The van der Waals surface area contributed by atoms with Crippen molar-refractivity contribution in [2.24, 2.45) is 23.7 Å². The minimum absolute atomic E-state index is 0.0407. The standard InChI is InChI=1S/C24H26N2O3/c27-22-19-9-2-1-8-18(19)15-25(22)13-16-6-5-7-17(12-16)14-26-23(28)20-10-3-4-11-21(20)24(26)29/h1-7,12,18-21H,8-11,13-15H2. The Kier molecular flexibility index (Phi) is 4.61. The van der Waals surface area contributed by atoms with Gasteiger partial charge >= 0.3 is 0 Å². The highest BCUT2D eigenvalue weighted by Crippen LogP contribution is 2.36. The third kappa shape index (κ3) is 3.22. The Bertz CT molecular complexity index is 892. The predicted molar refractivity (Wildman–Crippen MR) is 108 cm³/mol. The second-order valence-corrected chi connectivity index (χ2v) is 8.77. The number of hydrogen-bond acceptors (Lipinski definition) is 3. The summed E-state index contributed by atoms with van der Waals surface area (Å²) in [5, 5.41) is 0. The van der Waals surface area contributed by atoms with Crippen LogP contribution in [0.5, 0.6) is 0 Å². The van der Waals surface area contributed by atoms with E-state index in [1.807, 2.05) is 41.3 Å². The summed E-state index contributed by atoms with van der Waals surface area (Å²) >= 11 is 0. The Labute approximate surface area is 171 Å². The van der Waals surface area contributed by atoms with E-state index in [1.165, 1.54) is 4.90 Å². The maximum atomic E-state index is 12.7. The van der Waals surface area contributed by atoms with Gasteiger partial charge in [0.05, 0.1) is 18.4 Å². The molecule has 0 bridgehead atoms. The Balaban J connectivity index is 1.28. The minimum atomic E-state index is -0.185. The van der Waals surface area contributed by atoms with Crippen molar-refractivity contribution in [2.75, 3.05) is 6.54 Å². The van der Waals surface area contributed by atoms with E-state index in [4.69, 9.17) is 0 Å². The first-order valence-corrected chi connectivity index (χ1v) is 10.6. The van der Waals surface area contributed by atoms with E-state index in [9.17, 15) is 14.4 Å². The third-order valence-electron chi connectivity index (χ3n) is 6.95. The summed E-state index contributed by atoms with van der Waals surface area (Å²) in [6, 6.07) is 7.97. The number of carbonyl (C=O) groups is 3. The first-order chi connectivity index (χ1) is 14.1. The maximum absolute atomic E-state index is 12.7. The molecule has 1 aromatic carbocycles. The number of benzene rings is 1. The van der Waals surface area contributed by atoms with Crippen LogP contribution in [-0.4, -0.2) is 34.1 Å². The van der Waals surface area contributed by atoms with Crippen LogP contribution in [0.1, 0.15) is 36.8 Å². The van der Waals surface area contributed by atoms with Crippen LogP contribution in [0.15, 0.2) is 48.6 Å². The van der Waals surface area contributed by atoms with Gasteiger partial charge in [-0.2, -0.15) is 0 Å². The molecular formula is C24H26N2O3. The molecule has 2 fully saturated rings. The molecule has 5 nitrogen and oxygen atoms in total. The summed E-state index contributed by atoms with van der Waals surface area (Å²) in [7, 11) is 0. The molecule has 29 heavy (non-hydrogen) atoms. The van der Waals surface area contributed by atoms with Gasteiger partial charge in [0.15, 0.2) is 0 Å². The van der Waals surface area contributed by atoms with Gasteiger partial charge in [0.25, 0.3) is 0 Å². The molecular weight excluding hydrogens is 364 g/mol. The van der Waals surface area contributed by atoms with E-state index in [1.54, 1.807) is 0 Å². The fourth-order valence-electron chi connectivity index (χ4n) is 5.38. The van der Waals surface area contributed by atoms with Crippen LogP contribution in [0.2, 0.25) is 0 Å². The summed E-state index contributed by atoms with van der Waals surface area (Å²) in [5.41, 5.74) is 2.00. The maximum Gasteiger partial charge on any atom is 0.233 e. The molecule has 2 saturated heterocycles. The zero-order valence-corrected chi connectivity index (χ0v) is 16.5. The smallest absolute Gasteiger partial charge is 0.233 e. The predicted octanol–water partition coefficient (Wildman–Crippen LogP) is 3.06. The summed E-state index contributed by atoms with van der Waals surface area (Å²) in [4.78, 5) is 41.6. The van der Waals surface area contributed by atoms with Crippen molar-refractivity contribution in [2.45, 2.75) is 38.8 Å². The molecule has 3 amide bonds. The summed E-state index contributed by atoms with van der Waals surface area (Å²) in [6.07, 6.45) is 11.5. The molecule has 4 unspecified atom stereocenters. The molecule has 2 aliphatic carbocycles. The largest absolute Gasteiger partial charge is 0.338 e. The van der Waals surface area contributed by atoms with Crippen LogP contribution in [0, 0.1) is 23.7 Å². The molecule has 5 rings (SSSR count). The van der Waals surface area contributed by atoms with Crippen LogP contribution < -0.4 is 0 Å². The molecule has 0 aromatic heterocycles. The highest BCUT2D eigenvalue weighted by Gasteiger charge is 2.47. The molecule has 2 heterocycles. The van der Waals surface area contributed by atoms with Crippen LogP contribution in [0.3, 0.4) is 0 Å². The number of likely N-dealkylation sites (tertiary alicyclic amines) is 2. The van der Waals surface area contributed by atoms with Gasteiger partial charge in [-0.25, -0.2) is 0 Å². The SMILES string of the molecule is O=C1C2CC=CCC2CN1Cc1cccc(CN2C(=O)C3CC=CCC3C2=O)c1. The van der Waals surface area contributed by atoms with Crippen molar-refractivity contribution >= 4 is 17.7 Å². The molecule has 1 aromatic rings. The average Bonchev–Trinajstić information content (AvgIpc) is 3.18. The van der Waals surface area contributed by atoms with Gasteiger partial charge in [-0.05, 0) is 42.7 Å². The lowest BCUT2D eigenvalue weighted by Gasteiger charge is -2.18. The second kappa shape index (κ2) is 7.29. The number of carbonyl (C=O) groups excluding carboxylic acids is 3. The molecule has 5 heteroatoms. The Hall–Kier alpha value is -2.69. The van der Waals surface area contributed by atoms with E-state index in [-0.39, 0.29) is 35.5 Å². The Morgan fingerprint density at radius 3 is 1.97 bits per heavy atom. The van der Waals surface area contributed by atoms with Crippen LogP contribution in [0.25, 0.3) is 0 Å². The van der Waals surface area contributed by atoms with Gasteiger partial charge < -0.3 is 4.90 Å². The van der Waals surface area contributed by atoms with Crippen molar-refractivity contribution in [3.05, 3.63) is 59.7 Å². The summed E-state index contributed by atoms with van der Waals surface area (Å²) in [5.74, 6) is 0.380. The second-order valence-electron chi connectivity index (χ2n) is 8.77. The number of nitrogens with zero attached hydrogens (tertiary/aromatic N) is 2. The van der Waals surface area contributed by atoms with Crippen molar-refractivity contribution in [1.29, 1.82) is 0 Å². The first-order valence-electron chi connectivity index (χ1n) is 10.6. The minimum Gasteiger partial charge on any atom is -0.338 e. The number of imide groups is 1. The number of allylic oxidation sites excluding steroid dienone is 4.